The van der Waals surface area contributed by atoms with E-state index in [1.165, 1.54) is 63.8 Å². The molecule has 0 aromatic heterocycles. The SMILES string of the molecule is C=C1C=CC2C=C(/C=C\C=C/CC/C=C\2)C12CCc1ccccc12.CC.CCCC1(CC)c2ccccc2-c2ccccc21. The van der Waals surface area contributed by atoms with Crippen LogP contribution in [0.3, 0.4) is 0 Å². The predicted octanol–water partition coefficient (Wildman–Crippen LogP) is 12.2. The Morgan fingerprint density at radius 1 is 0.727 bits per heavy atom. The Bertz CT molecular complexity index is 1560. The van der Waals surface area contributed by atoms with Gasteiger partial charge in [-0.3, -0.25) is 0 Å². The second kappa shape index (κ2) is 14.3. The molecule has 44 heavy (non-hydrogen) atoms. The molecule has 4 aliphatic carbocycles. The highest BCUT2D eigenvalue weighted by atomic mass is 14.5. The van der Waals surface area contributed by atoms with E-state index in [0.29, 0.717) is 5.92 Å². The normalized spacial score (nSPS) is 24.0. The van der Waals surface area contributed by atoms with Crippen LogP contribution < -0.4 is 0 Å². The van der Waals surface area contributed by atoms with Crippen LogP contribution >= 0.6 is 0 Å². The molecule has 0 radical (unpaired) electrons. The summed E-state index contributed by atoms with van der Waals surface area (Å²) in [7, 11) is 0. The molecule has 0 amide bonds. The monoisotopic (exact) mass is 578 g/mol. The number of fused-ring (bicyclic) bond motifs is 7. The van der Waals surface area contributed by atoms with Crippen LogP contribution in [-0.4, -0.2) is 0 Å². The minimum atomic E-state index is -0.0614. The third kappa shape index (κ3) is 5.68. The maximum absolute atomic E-state index is 4.49. The molecule has 2 bridgehead atoms. The van der Waals surface area contributed by atoms with Crippen molar-refractivity contribution in [1.82, 2.24) is 0 Å². The van der Waals surface area contributed by atoms with Gasteiger partial charge in [-0.2, -0.15) is 0 Å². The van der Waals surface area contributed by atoms with E-state index in [1.54, 1.807) is 0 Å². The summed E-state index contributed by atoms with van der Waals surface area (Å²) in [6.45, 7) is 13.1. The number of allylic oxidation sites excluding steroid dienone is 11. The summed E-state index contributed by atoms with van der Waals surface area (Å²) < 4.78 is 0. The largest absolute Gasteiger partial charge is 0.0946 e. The van der Waals surface area contributed by atoms with Crippen LogP contribution in [0.5, 0.6) is 0 Å². The second-order valence-corrected chi connectivity index (χ2v) is 12.2. The van der Waals surface area contributed by atoms with Crippen molar-refractivity contribution in [1.29, 1.82) is 0 Å². The average Bonchev–Trinajstić information content (AvgIpc) is 3.54. The van der Waals surface area contributed by atoms with Gasteiger partial charge >= 0.3 is 0 Å². The van der Waals surface area contributed by atoms with Crippen molar-refractivity contribution in [2.75, 3.05) is 0 Å². The maximum atomic E-state index is 4.49. The molecule has 2 atom stereocenters. The van der Waals surface area contributed by atoms with Gasteiger partial charge in [0.2, 0.25) is 0 Å². The Morgan fingerprint density at radius 2 is 1.36 bits per heavy atom. The van der Waals surface area contributed by atoms with E-state index < -0.39 is 0 Å². The highest BCUT2D eigenvalue weighted by molar-refractivity contribution is 5.80. The zero-order valence-electron chi connectivity index (χ0n) is 27.4. The van der Waals surface area contributed by atoms with Crippen molar-refractivity contribution in [3.63, 3.8) is 0 Å². The lowest BCUT2D eigenvalue weighted by molar-refractivity contribution is 0.461. The average molecular weight is 579 g/mol. The van der Waals surface area contributed by atoms with Gasteiger partial charge < -0.3 is 0 Å². The fraction of sp³-hybridized carbons (Fsp3) is 0.318. The van der Waals surface area contributed by atoms with Gasteiger partial charge in [0.15, 0.2) is 0 Å². The number of hydrogen-bond acceptors (Lipinski definition) is 0. The molecule has 3 aromatic rings. The van der Waals surface area contributed by atoms with Gasteiger partial charge in [-0.25, -0.2) is 0 Å². The number of aryl methyl sites for hydroxylation is 1. The van der Waals surface area contributed by atoms with Crippen molar-refractivity contribution >= 4 is 0 Å². The topological polar surface area (TPSA) is 0 Å². The quantitative estimate of drug-likeness (QED) is 0.271. The van der Waals surface area contributed by atoms with Crippen LogP contribution in [0.1, 0.15) is 88.5 Å². The summed E-state index contributed by atoms with van der Waals surface area (Å²) in [6.07, 6.45) is 28.7. The van der Waals surface area contributed by atoms with Gasteiger partial charge in [-0.05, 0) is 83.1 Å². The number of benzene rings is 3. The van der Waals surface area contributed by atoms with Crippen LogP contribution in [0.4, 0.5) is 0 Å². The van der Waals surface area contributed by atoms with E-state index in [9.17, 15) is 0 Å². The van der Waals surface area contributed by atoms with E-state index >= 15 is 0 Å². The summed E-state index contributed by atoms with van der Waals surface area (Å²) in [6, 6.07) is 26.8. The summed E-state index contributed by atoms with van der Waals surface area (Å²) in [4.78, 5) is 0. The molecule has 0 N–H and O–H groups in total. The molecule has 0 heteroatoms. The van der Waals surface area contributed by atoms with Gasteiger partial charge in [-0.1, -0.05) is 168 Å². The number of rotatable bonds is 3. The maximum Gasteiger partial charge on any atom is 0.0448 e. The first-order chi connectivity index (χ1) is 21.6. The van der Waals surface area contributed by atoms with Crippen LogP contribution in [-0.2, 0) is 17.3 Å². The molecule has 0 saturated heterocycles. The van der Waals surface area contributed by atoms with E-state index in [1.807, 2.05) is 13.8 Å². The molecule has 0 heterocycles. The fourth-order valence-electron chi connectivity index (χ4n) is 7.97. The molecule has 226 valence electrons. The van der Waals surface area contributed by atoms with E-state index in [2.05, 4.69) is 148 Å². The summed E-state index contributed by atoms with van der Waals surface area (Å²) in [5.74, 6) is 0.353. The van der Waals surface area contributed by atoms with Crippen molar-refractivity contribution in [3.05, 3.63) is 167 Å². The van der Waals surface area contributed by atoms with Crippen LogP contribution in [0.2, 0.25) is 0 Å². The van der Waals surface area contributed by atoms with Crippen molar-refractivity contribution in [2.45, 2.75) is 83.5 Å². The highest BCUT2D eigenvalue weighted by Crippen LogP contribution is 2.53. The van der Waals surface area contributed by atoms with Gasteiger partial charge in [0.1, 0.15) is 0 Å². The minimum Gasteiger partial charge on any atom is -0.0946 e. The number of hydrogen-bond donors (Lipinski definition) is 0. The Morgan fingerprint density at radius 3 is 2.05 bits per heavy atom. The molecule has 4 aliphatic rings. The predicted molar refractivity (Wildman–Crippen MR) is 192 cm³/mol. The minimum absolute atomic E-state index is 0.0614. The smallest absolute Gasteiger partial charge is 0.0448 e. The van der Waals surface area contributed by atoms with E-state index in [0.717, 1.165) is 25.7 Å². The Kier molecular flexibility index (Phi) is 10.2. The summed E-state index contributed by atoms with van der Waals surface area (Å²) >= 11 is 0. The first-order valence-electron chi connectivity index (χ1n) is 17.0. The van der Waals surface area contributed by atoms with Gasteiger partial charge in [0.25, 0.3) is 0 Å². The summed E-state index contributed by atoms with van der Waals surface area (Å²) in [5, 5.41) is 0. The lowest BCUT2D eigenvalue weighted by Gasteiger charge is -2.33. The van der Waals surface area contributed by atoms with Gasteiger partial charge in [0, 0.05) is 16.7 Å². The molecule has 7 rings (SSSR count). The summed E-state index contributed by atoms with van der Waals surface area (Å²) in [5.41, 5.74) is 11.7. The molecule has 3 aromatic carbocycles. The Labute approximate surface area is 267 Å². The highest BCUT2D eigenvalue weighted by Gasteiger charge is 2.43. The van der Waals surface area contributed by atoms with Crippen LogP contribution in [0, 0.1) is 5.92 Å². The molecule has 1 spiro atoms. The lowest BCUT2D eigenvalue weighted by Crippen LogP contribution is -2.26. The zero-order valence-corrected chi connectivity index (χ0v) is 27.4. The fourth-order valence-corrected chi connectivity index (χ4v) is 7.97. The molecular weight excluding hydrogens is 528 g/mol. The van der Waals surface area contributed by atoms with Crippen molar-refractivity contribution < 1.29 is 0 Å². The van der Waals surface area contributed by atoms with Gasteiger partial charge in [-0.15, -0.1) is 0 Å². The third-order valence-electron chi connectivity index (χ3n) is 10.0. The van der Waals surface area contributed by atoms with E-state index in [-0.39, 0.29) is 10.8 Å². The third-order valence-corrected chi connectivity index (χ3v) is 10.0. The molecule has 2 unspecified atom stereocenters. The second-order valence-electron chi connectivity index (χ2n) is 12.2. The zero-order chi connectivity index (χ0) is 31.0. The molecule has 0 saturated carbocycles. The lowest BCUT2D eigenvalue weighted by atomic mass is 9.70. The van der Waals surface area contributed by atoms with Crippen molar-refractivity contribution in [3.8, 4) is 11.1 Å². The van der Waals surface area contributed by atoms with Crippen LogP contribution in [0.25, 0.3) is 11.1 Å². The molecule has 0 nitrogen and oxygen atoms in total. The standard InChI is InChI=1S/C24H24.C18H20.C2H6/c1-19-14-15-20-10-6-4-2-3-5-7-12-22(18-20)24(19)17-16-21-11-8-9-13-23(21)24;1-3-13-18(4-2)16-11-7-5-9-14(16)15-10-6-8-12-17(15)18;1-2/h3,5-15,18,20H,1-2,4,16-17H2;5-12H,3-4,13H2,1-2H3;1-2H3/b5-3-,10-6-,12-7-;;. The van der Waals surface area contributed by atoms with Gasteiger partial charge in [0.05, 0.1) is 0 Å². The Hall–Kier alpha value is -3.90. The molecule has 0 fully saturated rings. The Balaban J connectivity index is 0.000000171. The van der Waals surface area contributed by atoms with E-state index in [4.69, 9.17) is 0 Å². The van der Waals surface area contributed by atoms with Crippen molar-refractivity contribution in [2.24, 2.45) is 5.92 Å². The molecule has 0 aliphatic heterocycles. The van der Waals surface area contributed by atoms with Crippen LogP contribution in [0.15, 0.2) is 145 Å². The first kappa shape index (κ1) is 31.5. The molecular formula is C44H50. The first-order valence-corrected chi connectivity index (χ1v) is 17.0.